The molecule has 5 nitrogen and oxygen atoms in total. The molecule has 1 aromatic carbocycles. The Balaban J connectivity index is 3.37. The second kappa shape index (κ2) is 2.61. The minimum atomic E-state index is -0.633. The van der Waals surface area contributed by atoms with Gasteiger partial charge >= 0.3 is 0 Å². The van der Waals surface area contributed by atoms with Crippen molar-refractivity contribution in [3.05, 3.63) is 17.7 Å². The Bertz CT molecular complexity index is 334. The highest BCUT2D eigenvalue weighted by Gasteiger charge is 2.08. The third kappa shape index (κ3) is 1.24. The quantitative estimate of drug-likeness (QED) is 0.421. The zero-order valence-electron chi connectivity index (χ0n) is 6.37. The standard InChI is InChI=1S/C7H10N4O/c8-3-1-4(7(11)12)6(10)5(9)2-3/h1-2H,8-10H2,(H2,11,12). The largest absolute Gasteiger partial charge is 0.399 e. The highest BCUT2D eigenvalue weighted by atomic mass is 16.1. The molecule has 0 aliphatic rings. The Kier molecular flexibility index (Phi) is 1.78. The molecule has 0 fully saturated rings. The average molecular weight is 166 g/mol. The lowest BCUT2D eigenvalue weighted by Gasteiger charge is -2.05. The van der Waals surface area contributed by atoms with E-state index in [2.05, 4.69) is 0 Å². The molecule has 1 aromatic rings. The van der Waals surface area contributed by atoms with E-state index in [1.165, 1.54) is 12.1 Å². The second-order valence-electron chi connectivity index (χ2n) is 2.44. The van der Waals surface area contributed by atoms with E-state index in [0.29, 0.717) is 5.69 Å². The van der Waals surface area contributed by atoms with E-state index in [1.54, 1.807) is 0 Å². The van der Waals surface area contributed by atoms with E-state index >= 15 is 0 Å². The van der Waals surface area contributed by atoms with Gasteiger partial charge in [0.1, 0.15) is 0 Å². The summed E-state index contributed by atoms with van der Waals surface area (Å²) in [4.78, 5) is 10.8. The molecule has 0 heterocycles. The van der Waals surface area contributed by atoms with E-state index in [0.717, 1.165) is 0 Å². The van der Waals surface area contributed by atoms with Gasteiger partial charge in [0, 0.05) is 5.69 Å². The van der Waals surface area contributed by atoms with E-state index in [9.17, 15) is 4.79 Å². The van der Waals surface area contributed by atoms with Crippen molar-refractivity contribution < 1.29 is 4.79 Å². The molecule has 8 N–H and O–H groups in total. The monoisotopic (exact) mass is 166 g/mol. The van der Waals surface area contributed by atoms with Crippen LogP contribution in [0.2, 0.25) is 0 Å². The number of amides is 1. The molecule has 1 rings (SSSR count). The van der Waals surface area contributed by atoms with E-state index in [-0.39, 0.29) is 16.9 Å². The molecule has 5 heteroatoms. The van der Waals surface area contributed by atoms with Gasteiger partial charge in [0.25, 0.3) is 5.91 Å². The lowest BCUT2D eigenvalue weighted by atomic mass is 10.1. The maximum atomic E-state index is 10.8. The fourth-order valence-corrected chi connectivity index (χ4v) is 0.903. The van der Waals surface area contributed by atoms with Crippen molar-refractivity contribution in [2.75, 3.05) is 17.2 Å². The molecule has 0 aromatic heterocycles. The van der Waals surface area contributed by atoms with E-state index in [1.807, 2.05) is 0 Å². The van der Waals surface area contributed by atoms with Crippen molar-refractivity contribution in [2.24, 2.45) is 5.73 Å². The van der Waals surface area contributed by atoms with Gasteiger partial charge < -0.3 is 22.9 Å². The van der Waals surface area contributed by atoms with Crippen molar-refractivity contribution in [1.82, 2.24) is 0 Å². The third-order valence-electron chi connectivity index (χ3n) is 1.50. The molecule has 0 radical (unpaired) electrons. The number of hydrogen-bond acceptors (Lipinski definition) is 4. The first-order chi connectivity index (χ1) is 5.52. The summed E-state index contributed by atoms with van der Waals surface area (Å²) in [6, 6.07) is 2.87. The average Bonchev–Trinajstić information content (AvgIpc) is 1.96. The predicted octanol–water partition coefficient (Wildman–Crippen LogP) is -0.468. The number of nitrogen functional groups attached to an aromatic ring is 3. The van der Waals surface area contributed by atoms with Crippen molar-refractivity contribution in [3.63, 3.8) is 0 Å². The van der Waals surface area contributed by atoms with Crippen LogP contribution in [0.1, 0.15) is 10.4 Å². The van der Waals surface area contributed by atoms with Gasteiger partial charge in [-0.05, 0) is 12.1 Å². The molecule has 12 heavy (non-hydrogen) atoms. The highest BCUT2D eigenvalue weighted by Crippen LogP contribution is 2.22. The normalized spacial score (nSPS) is 9.67. The molecule has 64 valence electrons. The molecule has 1 amide bonds. The van der Waals surface area contributed by atoms with E-state index < -0.39 is 5.91 Å². The van der Waals surface area contributed by atoms with E-state index in [4.69, 9.17) is 22.9 Å². The van der Waals surface area contributed by atoms with Gasteiger partial charge in [-0.25, -0.2) is 0 Å². The van der Waals surface area contributed by atoms with Crippen LogP contribution in [0.25, 0.3) is 0 Å². The van der Waals surface area contributed by atoms with Crippen molar-refractivity contribution in [1.29, 1.82) is 0 Å². The number of benzene rings is 1. The molecule has 0 saturated heterocycles. The van der Waals surface area contributed by atoms with Gasteiger partial charge in [0.2, 0.25) is 0 Å². The number of nitrogens with two attached hydrogens (primary N) is 4. The molecular formula is C7H10N4O. The summed E-state index contributed by atoms with van der Waals surface area (Å²) in [6.07, 6.45) is 0. The maximum Gasteiger partial charge on any atom is 0.250 e. The molecule has 0 unspecified atom stereocenters. The first-order valence-electron chi connectivity index (χ1n) is 3.26. The van der Waals surface area contributed by atoms with Gasteiger partial charge in [-0.3, -0.25) is 4.79 Å². The van der Waals surface area contributed by atoms with Crippen LogP contribution >= 0.6 is 0 Å². The predicted molar refractivity (Wildman–Crippen MR) is 48.2 cm³/mol. The molecule has 0 atom stereocenters. The van der Waals surface area contributed by atoms with Gasteiger partial charge in [0.05, 0.1) is 16.9 Å². The maximum absolute atomic E-state index is 10.8. The van der Waals surface area contributed by atoms with Gasteiger partial charge in [-0.1, -0.05) is 0 Å². The van der Waals surface area contributed by atoms with Crippen molar-refractivity contribution in [3.8, 4) is 0 Å². The minimum absolute atomic E-state index is 0.160. The summed E-state index contributed by atoms with van der Waals surface area (Å²) in [5.41, 5.74) is 22.3. The summed E-state index contributed by atoms with van der Waals surface area (Å²) >= 11 is 0. The number of primary amides is 1. The number of carbonyl (C=O) groups is 1. The Hall–Kier alpha value is -1.91. The van der Waals surface area contributed by atoms with Gasteiger partial charge in [-0.2, -0.15) is 0 Å². The van der Waals surface area contributed by atoms with Gasteiger partial charge in [-0.15, -0.1) is 0 Å². The SMILES string of the molecule is NC(=O)c1cc(N)cc(N)c1N. The Morgan fingerprint density at radius 2 is 1.75 bits per heavy atom. The van der Waals surface area contributed by atoms with Crippen LogP contribution in [-0.2, 0) is 0 Å². The molecule has 0 aliphatic heterocycles. The van der Waals surface area contributed by atoms with Crippen molar-refractivity contribution >= 4 is 23.0 Å². The van der Waals surface area contributed by atoms with Crippen LogP contribution in [-0.4, -0.2) is 5.91 Å². The van der Waals surface area contributed by atoms with Crippen LogP contribution < -0.4 is 22.9 Å². The summed E-state index contributed by atoms with van der Waals surface area (Å²) in [6.45, 7) is 0. The fraction of sp³-hybridized carbons (Fsp3) is 0. The van der Waals surface area contributed by atoms with Crippen LogP contribution in [0.3, 0.4) is 0 Å². The Morgan fingerprint density at radius 1 is 1.17 bits per heavy atom. The first-order valence-corrected chi connectivity index (χ1v) is 3.26. The van der Waals surface area contributed by atoms with Crippen LogP contribution in [0.5, 0.6) is 0 Å². The lowest BCUT2D eigenvalue weighted by Crippen LogP contribution is -2.15. The molecule has 0 aliphatic carbocycles. The minimum Gasteiger partial charge on any atom is -0.399 e. The highest BCUT2D eigenvalue weighted by molar-refractivity contribution is 6.01. The summed E-state index contributed by atoms with van der Waals surface area (Å²) in [5, 5.41) is 0. The zero-order chi connectivity index (χ0) is 9.30. The summed E-state index contributed by atoms with van der Waals surface area (Å²) in [5.74, 6) is -0.633. The summed E-state index contributed by atoms with van der Waals surface area (Å²) in [7, 11) is 0. The third-order valence-corrected chi connectivity index (χ3v) is 1.50. The molecular weight excluding hydrogens is 156 g/mol. The number of carbonyl (C=O) groups excluding carboxylic acids is 1. The number of anilines is 3. The van der Waals surface area contributed by atoms with Crippen LogP contribution in [0.15, 0.2) is 12.1 Å². The Morgan fingerprint density at radius 3 is 2.25 bits per heavy atom. The van der Waals surface area contributed by atoms with Crippen LogP contribution in [0, 0.1) is 0 Å². The fourth-order valence-electron chi connectivity index (χ4n) is 0.903. The topological polar surface area (TPSA) is 121 Å². The number of hydrogen-bond donors (Lipinski definition) is 4. The van der Waals surface area contributed by atoms with Crippen LogP contribution in [0.4, 0.5) is 17.1 Å². The summed E-state index contributed by atoms with van der Waals surface area (Å²) < 4.78 is 0. The lowest BCUT2D eigenvalue weighted by molar-refractivity contribution is 0.100. The second-order valence-corrected chi connectivity index (χ2v) is 2.44. The number of rotatable bonds is 1. The zero-order valence-corrected chi connectivity index (χ0v) is 6.37. The van der Waals surface area contributed by atoms with Crippen molar-refractivity contribution in [2.45, 2.75) is 0 Å². The molecule has 0 saturated carbocycles. The Labute approximate surface area is 69.3 Å². The molecule has 0 spiro atoms. The molecule has 0 bridgehead atoms. The van der Waals surface area contributed by atoms with Gasteiger partial charge in [0.15, 0.2) is 0 Å². The smallest absolute Gasteiger partial charge is 0.250 e. The first kappa shape index (κ1) is 8.19.